The van der Waals surface area contributed by atoms with E-state index >= 15 is 0 Å². The molecule has 4 heteroatoms. The molecule has 0 spiro atoms. The number of hydrogen-bond donors (Lipinski definition) is 0. The van der Waals surface area contributed by atoms with Crippen molar-refractivity contribution in [3.63, 3.8) is 0 Å². The second-order valence-electron chi connectivity index (χ2n) is 4.08. The van der Waals surface area contributed by atoms with Crippen LogP contribution in [0.25, 0.3) is 11.3 Å². The van der Waals surface area contributed by atoms with Gasteiger partial charge in [0.05, 0.1) is 0 Å². The van der Waals surface area contributed by atoms with Crippen LogP contribution in [0.4, 0.5) is 0 Å². The molecule has 0 saturated carbocycles. The summed E-state index contributed by atoms with van der Waals surface area (Å²) in [4.78, 5) is 0. The minimum atomic E-state index is 0. The van der Waals surface area contributed by atoms with Gasteiger partial charge in [-0.05, 0) is 6.42 Å². The number of hydrogen-bond acceptors (Lipinski definition) is 0. The van der Waals surface area contributed by atoms with E-state index in [4.69, 9.17) is 5.73 Å². The van der Waals surface area contributed by atoms with Crippen molar-refractivity contribution in [1.29, 1.82) is 0 Å². The molecule has 0 aliphatic heterocycles. The van der Waals surface area contributed by atoms with E-state index < -0.39 is 0 Å². The van der Waals surface area contributed by atoms with Crippen LogP contribution in [-0.2, 0) is 21.7 Å². The van der Waals surface area contributed by atoms with Crippen molar-refractivity contribution in [2.45, 2.75) is 26.2 Å². The van der Waals surface area contributed by atoms with Gasteiger partial charge in [0.2, 0.25) is 0 Å². The van der Waals surface area contributed by atoms with Crippen LogP contribution in [0.1, 0.15) is 37.3 Å². The summed E-state index contributed by atoms with van der Waals surface area (Å²) in [7, 11) is 0. The number of halogens is 2. The predicted octanol–water partition coefficient (Wildman–Crippen LogP) is 5.89. The van der Waals surface area contributed by atoms with Crippen LogP contribution >= 0.6 is 24.8 Å². The van der Waals surface area contributed by atoms with Crippen LogP contribution in [0.15, 0.2) is 42.5 Å². The van der Waals surface area contributed by atoms with E-state index in [2.05, 4.69) is 50.3 Å². The van der Waals surface area contributed by atoms with Crippen molar-refractivity contribution in [2.75, 3.05) is 6.54 Å². The Morgan fingerprint density at radius 2 is 1.85 bits per heavy atom. The van der Waals surface area contributed by atoms with Crippen LogP contribution in [-0.4, -0.2) is 6.54 Å². The maximum Gasteiger partial charge on any atom is 2.00 e. The third kappa shape index (κ3) is 8.89. The smallest absolute Gasteiger partial charge is 0.677 e. The zero-order valence-corrected chi connectivity index (χ0v) is 15.1. The van der Waals surface area contributed by atoms with E-state index in [-0.39, 0.29) is 46.5 Å². The second-order valence-corrected chi connectivity index (χ2v) is 4.08. The van der Waals surface area contributed by atoms with Crippen molar-refractivity contribution >= 4 is 30.4 Å². The molecule has 1 nitrogen and oxygen atoms in total. The number of rotatable bonds is 3. The first-order valence-electron chi connectivity index (χ1n) is 6.21. The Morgan fingerprint density at radius 3 is 2.25 bits per heavy atom. The number of unbranched alkanes of at least 4 members (excludes halogenated alkanes) is 1. The van der Waals surface area contributed by atoms with E-state index in [0.29, 0.717) is 6.54 Å². The molecule has 0 bridgehead atoms. The van der Waals surface area contributed by atoms with Gasteiger partial charge in [0.25, 0.3) is 0 Å². The normalized spacial score (nSPS) is 11.0. The van der Waals surface area contributed by atoms with Crippen molar-refractivity contribution in [3.8, 4) is 0 Å². The molecule has 0 amide bonds. The summed E-state index contributed by atoms with van der Waals surface area (Å²) in [5.74, 6) is 0. The summed E-state index contributed by atoms with van der Waals surface area (Å²) in [6.45, 7) is 6.68. The van der Waals surface area contributed by atoms with Crippen LogP contribution in [0.2, 0.25) is 0 Å². The average molecular weight is 348 g/mol. The summed E-state index contributed by atoms with van der Waals surface area (Å²) in [5, 5.41) is 0. The Balaban J connectivity index is -0.000000322. The first-order chi connectivity index (χ1) is 8.29. The van der Waals surface area contributed by atoms with Gasteiger partial charge in [-0.3, -0.25) is 0 Å². The van der Waals surface area contributed by atoms with E-state index in [9.17, 15) is 0 Å². The summed E-state index contributed by atoms with van der Waals surface area (Å²) in [6.07, 6.45) is 9.68. The van der Waals surface area contributed by atoms with Gasteiger partial charge >= 0.3 is 21.7 Å². The summed E-state index contributed by atoms with van der Waals surface area (Å²) in [5.41, 5.74) is 10.4. The molecule has 0 atom stereocenters. The van der Waals surface area contributed by atoms with Gasteiger partial charge in [-0.1, -0.05) is 49.6 Å². The fraction of sp³-hybridized carbons (Fsp3) is 0.312. The topological polar surface area (TPSA) is 23.8 Å². The molecule has 1 aromatic rings. The fourth-order valence-electron chi connectivity index (χ4n) is 1.66. The fourth-order valence-corrected chi connectivity index (χ4v) is 1.66. The Kier molecular flexibility index (Phi) is 18.9. The minimum absolute atomic E-state index is 0. The Hall–Kier alpha value is -0.176. The van der Waals surface area contributed by atoms with Crippen molar-refractivity contribution < 1.29 is 21.7 Å². The first-order valence-corrected chi connectivity index (χ1v) is 6.21. The number of nitrogens with one attached hydrogen (secondary N) is 1. The number of allylic oxidation sites excluding steroid dienone is 4. The van der Waals surface area contributed by atoms with Gasteiger partial charge < -0.3 is 5.73 Å². The molecule has 0 saturated heterocycles. The number of benzene rings is 1. The van der Waals surface area contributed by atoms with Crippen LogP contribution in [0, 0.1) is 6.92 Å². The van der Waals surface area contributed by atoms with E-state index in [1.165, 1.54) is 11.1 Å². The van der Waals surface area contributed by atoms with Crippen LogP contribution < -0.4 is 0 Å². The minimum Gasteiger partial charge on any atom is -0.677 e. The molecule has 0 aromatic heterocycles. The first kappa shape index (κ1) is 24.8. The molecule has 0 unspecified atom stereocenters. The van der Waals surface area contributed by atoms with Gasteiger partial charge in [-0.15, -0.1) is 42.5 Å². The molecule has 0 heterocycles. The monoisotopic (exact) mass is 347 g/mol. The molecule has 1 N–H and O–H groups in total. The molecular weight excluding hydrogens is 325 g/mol. The van der Waals surface area contributed by atoms with Gasteiger partial charge in [-0.2, -0.15) is 25.1 Å². The van der Waals surface area contributed by atoms with E-state index in [0.717, 1.165) is 24.8 Å². The molecule has 1 aliphatic carbocycles. The van der Waals surface area contributed by atoms with E-state index in [1.807, 2.05) is 6.07 Å². The van der Waals surface area contributed by atoms with Gasteiger partial charge in [-0.25, -0.2) is 0 Å². The van der Waals surface area contributed by atoms with Crippen molar-refractivity contribution in [2.24, 2.45) is 0 Å². The molecule has 2 rings (SSSR count). The largest absolute Gasteiger partial charge is 2.00 e. The maximum atomic E-state index is 6.60. The Labute approximate surface area is 150 Å². The molecule has 20 heavy (non-hydrogen) atoms. The average Bonchev–Trinajstić information content (AvgIpc) is 2.85. The zero-order chi connectivity index (χ0) is 12.5. The third-order valence-corrected chi connectivity index (χ3v) is 2.66. The van der Waals surface area contributed by atoms with Crippen LogP contribution in [0.5, 0.6) is 0 Å². The quantitative estimate of drug-likeness (QED) is 0.480. The van der Waals surface area contributed by atoms with Gasteiger partial charge in [0.1, 0.15) is 0 Å². The molecule has 1 aromatic carbocycles. The second kappa shape index (κ2) is 15.2. The Bertz CT molecular complexity index is 401. The predicted molar refractivity (Wildman–Crippen MR) is 91.2 cm³/mol. The summed E-state index contributed by atoms with van der Waals surface area (Å²) >= 11 is 0. The summed E-state index contributed by atoms with van der Waals surface area (Å²) < 4.78 is 0. The van der Waals surface area contributed by atoms with Gasteiger partial charge in [0, 0.05) is 0 Å². The third-order valence-electron chi connectivity index (χ3n) is 2.66. The molecule has 0 radical (unpaired) electrons. The van der Waals surface area contributed by atoms with E-state index in [1.54, 1.807) is 0 Å². The molecular formula is C16H23Cl2NTi. The SMILES string of the molecule is CCCC[NH-].Cl.Cl.[CH2-]c1ccccc1C1=CC=CC1.[Ti+2]. The zero-order valence-electron chi connectivity index (χ0n) is 11.9. The summed E-state index contributed by atoms with van der Waals surface area (Å²) in [6, 6.07) is 8.26. The standard InChI is InChI=1S/C12H11.C4H10N.2ClH.Ti/c1-10-6-2-5-9-12(10)11-7-3-4-8-11;1-2-3-4-5;;;/h2-7,9H,1,8H2;5H,2-4H2,1H3;2*1H;/q2*-1;;;+2. The van der Waals surface area contributed by atoms with Crippen LogP contribution in [0.3, 0.4) is 0 Å². The Morgan fingerprint density at radius 1 is 1.20 bits per heavy atom. The molecule has 1 aliphatic rings. The molecule has 0 fully saturated rings. The molecule has 110 valence electrons. The maximum absolute atomic E-state index is 6.60. The van der Waals surface area contributed by atoms with Crippen molar-refractivity contribution in [1.82, 2.24) is 0 Å². The van der Waals surface area contributed by atoms with Crippen molar-refractivity contribution in [3.05, 3.63) is 66.3 Å². The van der Waals surface area contributed by atoms with Gasteiger partial charge in [0.15, 0.2) is 0 Å².